The van der Waals surface area contributed by atoms with E-state index in [1.807, 2.05) is 24.1 Å². The SMILES string of the molecule is CCCNc1cc(C(=O)NN2CCOCC2)cc(CC)n1. The van der Waals surface area contributed by atoms with Crippen LogP contribution in [0.3, 0.4) is 0 Å². The van der Waals surface area contributed by atoms with Crippen molar-refractivity contribution in [3.63, 3.8) is 0 Å². The molecule has 0 saturated carbocycles. The number of hydrogen-bond donors (Lipinski definition) is 2. The number of carbonyl (C=O) groups excluding carboxylic acids is 1. The van der Waals surface area contributed by atoms with Crippen LogP contribution in [0.5, 0.6) is 0 Å². The van der Waals surface area contributed by atoms with Crippen LogP contribution in [0.2, 0.25) is 0 Å². The van der Waals surface area contributed by atoms with Crippen molar-refractivity contribution in [2.75, 3.05) is 38.2 Å². The minimum atomic E-state index is -0.0893. The lowest BCUT2D eigenvalue weighted by molar-refractivity contribution is 0.0126. The maximum atomic E-state index is 12.4. The fourth-order valence-electron chi connectivity index (χ4n) is 2.13. The first-order valence-electron chi connectivity index (χ1n) is 7.61. The van der Waals surface area contributed by atoms with Crippen molar-refractivity contribution >= 4 is 11.7 Å². The van der Waals surface area contributed by atoms with E-state index in [0.29, 0.717) is 18.8 Å². The first-order valence-corrected chi connectivity index (χ1v) is 7.61. The van der Waals surface area contributed by atoms with Crippen LogP contribution in [0.4, 0.5) is 5.82 Å². The van der Waals surface area contributed by atoms with E-state index in [1.54, 1.807) is 0 Å². The van der Waals surface area contributed by atoms with E-state index in [1.165, 1.54) is 0 Å². The number of morpholine rings is 1. The third-order valence-electron chi connectivity index (χ3n) is 3.33. The van der Waals surface area contributed by atoms with E-state index in [4.69, 9.17) is 4.74 Å². The molecule has 0 unspecified atom stereocenters. The lowest BCUT2D eigenvalue weighted by atomic mass is 10.2. The zero-order valence-corrected chi connectivity index (χ0v) is 12.8. The summed E-state index contributed by atoms with van der Waals surface area (Å²) in [7, 11) is 0. The van der Waals surface area contributed by atoms with Crippen LogP contribution < -0.4 is 10.7 Å². The van der Waals surface area contributed by atoms with Gasteiger partial charge < -0.3 is 10.1 Å². The highest BCUT2D eigenvalue weighted by atomic mass is 16.5. The second-order valence-electron chi connectivity index (χ2n) is 5.05. The van der Waals surface area contributed by atoms with E-state index in [-0.39, 0.29) is 5.91 Å². The summed E-state index contributed by atoms with van der Waals surface area (Å²) in [6.45, 7) is 7.74. The van der Waals surface area contributed by atoms with E-state index >= 15 is 0 Å². The Balaban J connectivity index is 2.07. The monoisotopic (exact) mass is 292 g/mol. The first kappa shape index (κ1) is 15.7. The molecule has 2 N–H and O–H groups in total. The summed E-state index contributed by atoms with van der Waals surface area (Å²) in [4.78, 5) is 16.9. The van der Waals surface area contributed by atoms with Gasteiger partial charge >= 0.3 is 0 Å². The summed E-state index contributed by atoms with van der Waals surface area (Å²) >= 11 is 0. The maximum Gasteiger partial charge on any atom is 0.265 e. The largest absolute Gasteiger partial charge is 0.379 e. The fraction of sp³-hybridized carbons (Fsp3) is 0.600. The number of aromatic nitrogens is 1. The van der Waals surface area contributed by atoms with E-state index in [2.05, 4.69) is 22.7 Å². The van der Waals surface area contributed by atoms with E-state index in [9.17, 15) is 4.79 Å². The summed E-state index contributed by atoms with van der Waals surface area (Å²) in [6.07, 6.45) is 1.83. The summed E-state index contributed by atoms with van der Waals surface area (Å²) in [6, 6.07) is 3.66. The Morgan fingerprint density at radius 1 is 1.33 bits per heavy atom. The number of amides is 1. The molecular formula is C15H24N4O2. The Morgan fingerprint density at radius 2 is 2.10 bits per heavy atom. The number of ether oxygens (including phenoxy) is 1. The predicted octanol–water partition coefficient (Wildman–Crippen LogP) is 1.44. The first-order chi connectivity index (χ1) is 10.2. The molecule has 1 aromatic rings. The molecular weight excluding hydrogens is 268 g/mol. The molecule has 2 rings (SSSR count). The van der Waals surface area contributed by atoms with Gasteiger partial charge in [0.2, 0.25) is 0 Å². The molecule has 6 nitrogen and oxygen atoms in total. The van der Waals surface area contributed by atoms with Crippen molar-refractivity contribution in [2.24, 2.45) is 0 Å². The third kappa shape index (κ3) is 4.68. The smallest absolute Gasteiger partial charge is 0.265 e. The summed E-state index contributed by atoms with van der Waals surface area (Å²) in [5.41, 5.74) is 4.49. The molecule has 6 heteroatoms. The molecule has 0 aliphatic carbocycles. The van der Waals surface area contributed by atoms with E-state index in [0.717, 1.165) is 44.0 Å². The van der Waals surface area contributed by atoms with Crippen molar-refractivity contribution in [2.45, 2.75) is 26.7 Å². The van der Waals surface area contributed by atoms with Crippen molar-refractivity contribution in [1.82, 2.24) is 15.4 Å². The van der Waals surface area contributed by atoms with Gasteiger partial charge in [-0.2, -0.15) is 0 Å². The minimum Gasteiger partial charge on any atom is -0.379 e. The number of anilines is 1. The molecule has 1 saturated heterocycles. The van der Waals surface area contributed by atoms with Crippen LogP contribution in [0, 0.1) is 0 Å². The second kappa shape index (κ2) is 7.95. The number of pyridine rings is 1. The highest BCUT2D eigenvalue weighted by Gasteiger charge is 2.15. The van der Waals surface area contributed by atoms with Gasteiger partial charge in [-0.05, 0) is 25.0 Å². The molecule has 1 aromatic heterocycles. The van der Waals surface area contributed by atoms with E-state index < -0.39 is 0 Å². The van der Waals surface area contributed by atoms with Gasteiger partial charge in [0.15, 0.2) is 0 Å². The highest BCUT2D eigenvalue weighted by Crippen LogP contribution is 2.12. The van der Waals surface area contributed by atoms with Crippen molar-refractivity contribution in [3.8, 4) is 0 Å². The normalized spacial score (nSPS) is 15.7. The second-order valence-corrected chi connectivity index (χ2v) is 5.05. The zero-order chi connectivity index (χ0) is 15.1. The Hall–Kier alpha value is -1.66. The summed E-state index contributed by atoms with van der Waals surface area (Å²) in [5.74, 6) is 0.678. The van der Waals surface area contributed by atoms with Crippen LogP contribution in [-0.2, 0) is 11.2 Å². The molecule has 2 heterocycles. The molecule has 1 aliphatic heterocycles. The predicted molar refractivity (Wildman–Crippen MR) is 82.3 cm³/mol. The van der Waals surface area contributed by atoms with Gasteiger partial charge in [0.25, 0.3) is 5.91 Å². The van der Waals surface area contributed by atoms with Crippen LogP contribution in [0.15, 0.2) is 12.1 Å². The van der Waals surface area contributed by atoms with Crippen LogP contribution in [-0.4, -0.2) is 48.7 Å². The molecule has 0 atom stereocenters. The quantitative estimate of drug-likeness (QED) is 0.830. The van der Waals surface area contributed by atoms with Gasteiger partial charge in [-0.15, -0.1) is 0 Å². The standard InChI is InChI=1S/C15H24N4O2/c1-3-5-16-14-11-12(10-13(4-2)17-14)15(20)18-19-6-8-21-9-7-19/h10-11H,3-9H2,1-2H3,(H,16,17)(H,18,20). The molecule has 1 aliphatic rings. The number of carbonyl (C=O) groups is 1. The lowest BCUT2D eigenvalue weighted by Gasteiger charge is -2.27. The van der Waals surface area contributed by atoms with Crippen LogP contribution >= 0.6 is 0 Å². The number of rotatable bonds is 6. The Kier molecular flexibility index (Phi) is 5.95. The van der Waals surface area contributed by atoms with Gasteiger partial charge in [-0.25, -0.2) is 9.99 Å². The zero-order valence-electron chi connectivity index (χ0n) is 12.8. The summed E-state index contributed by atoms with van der Waals surface area (Å²) < 4.78 is 5.27. The maximum absolute atomic E-state index is 12.4. The number of nitrogens with zero attached hydrogens (tertiary/aromatic N) is 2. The van der Waals surface area contributed by atoms with Gasteiger partial charge in [0.05, 0.1) is 13.2 Å². The average Bonchev–Trinajstić information content (AvgIpc) is 2.53. The third-order valence-corrected chi connectivity index (χ3v) is 3.33. The van der Waals surface area contributed by atoms with Gasteiger partial charge in [0, 0.05) is 30.9 Å². The van der Waals surface area contributed by atoms with Crippen molar-refractivity contribution in [1.29, 1.82) is 0 Å². The molecule has 0 aromatic carbocycles. The number of nitrogens with one attached hydrogen (secondary N) is 2. The van der Waals surface area contributed by atoms with Crippen LogP contribution in [0.1, 0.15) is 36.3 Å². The van der Waals surface area contributed by atoms with Crippen molar-refractivity contribution < 1.29 is 9.53 Å². The van der Waals surface area contributed by atoms with Gasteiger partial charge in [0.1, 0.15) is 5.82 Å². The van der Waals surface area contributed by atoms with Gasteiger partial charge in [-0.3, -0.25) is 10.2 Å². The molecule has 0 spiro atoms. The lowest BCUT2D eigenvalue weighted by Crippen LogP contribution is -2.48. The molecule has 116 valence electrons. The summed E-state index contributed by atoms with van der Waals surface area (Å²) in [5, 5.41) is 5.14. The Labute approximate surface area is 125 Å². The molecule has 0 bridgehead atoms. The number of hydrazine groups is 1. The molecule has 1 fully saturated rings. The fourth-order valence-corrected chi connectivity index (χ4v) is 2.13. The van der Waals surface area contributed by atoms with Crippen molar-refractivity contribution in [3.05, 3.63) is 23.4 Å². The average molecular weight is 292 g/mol. The topological polar surface area (TPSA) is 66.5 Å². The minimum absolute atomic E-state index is 0.0893. The highest BCUT2D eigenvalue weighted by molar-refractivity contribution is 5.94. The molecule has 0 radical (unpaired) electrons. The Morgan fingerprint density at radius 3 is 2.76 bits per heavy atom. The van der Waals surface area contributed by atoms with Crippen LogP contribution in [0.25, 0.3) is 0 Å². The Bertz CT molecular complexity index is 473. The van der Waals surface area contributed by atoms with Gasteiger partial charge in [-0.1, -0.05) is 13.8 Å². The number of hydrogen-bond acceptors (Lipinski definition) is 5. The molecule has 21 heavy (non-hydrogen) atoms. The molecule has 1 amide bonds. The number of aryl methyl sites for hydroxylation is 1.